The summed E-state index contributed by atoms with van der Waals surface area (Å²) in [6.45, 7) is 0.293. The molecule has 1 aromatic carbocycles. The molecule has 20 heavy (non-hydrogen) atoms. The molecule has 2 aromatic heterocycles. The zero-order chi connectivity index (χ0) is 13.9. The van der Waals surface area contributed by atoms with Crippen LogP contribution in [-0.2, 0) is 6.61 Å². The summed E-state index contributed by atoms with van der Waals surface area (Å²) in [5.74, 6) is 0.690. The first kappa shape index (κ1) is 12.9. The predicted octanol–water partition coefficient (Wildman–Crippen LogP) is 3.57. The molecule has 0 atom stereocenters. The van der Waals surface area contributed by atoms with Crippen LogP contribution in [0.4, 0.5) is 4.39 Å². The standard InChI is InChI=1S/C12H8FN3O2S2/c13-7-1-3-8(4-2-7)17-6-10-14-5-9(20-10)11-15-16-12(19)18-11/h1-5H,6H2,(H,16,19). The van der Waals surface area contributed by atoms with Crippen LogP contribution in [0.3, 0.4) is 0 Å². The Labute approximate surface area is 122 Å². The van der Waals surface area contributed by atoms with Crippen LogP contribution in [0.25, 0.3) is 10.8 Å². The Morgan fingerprint density at radius 2 is 2.15 bits per heavy atom. The van der Waals surface area contributed by atoms with Gasteiger partial charge in [-0.3, -0.25) is 0 Å². The van der Waals surface area contributed by atoms with E-state index in [9.17, 15) is 4.39 Å². The quantitative estimate of drug-likeness (QED) is 0.746. The third-order valence-corrected chi connectivity index (χ3v) is 3.51. The van der Waals surface area contributed by atoms with Crippen molar-refractivity contribution in [2.75, 3.05) is 0 Å². The molecule has 0 aliphatic heterocycles. The smallest absolute Gasteiger partial charge is 0.284 e. The Hall–Kier alpha value is -2.06. The fourth-order valence-electron chi connectivity index (χ4n) is 1.49. The molecule has 2 heterocycles. The van der Waals surface area contributed by atoms with Gasteiger partial charge < -0.3 is 9.15 Å². The zero-order valence-corrected chi connectivity index (χ0v) is 11.6. The van der Waals surface area contributed by atoms with Gasteiger partial charge in [-0.25, -0.2) is 14.5 Å². The van der Waals surface area contributed by atoms with Gasteiger partial charge in [0.15, 0.2) is 0 Å². The van der Waals surface area contributed by atoms with Gasteiger partial charge in [-0.15, -0.1) is 16.4 Å². The second-order valence-corrected chi connectivity index (χ2v) is 5.27. The first-order valence-electron chi connectivity index (χ1n) is 5.60. The van der Waals surface area contributed by atoms with Crippen molar-refractivity contribution in [1.82, 2.24) is 15.2 Å². The van der Waals surface area contributed by atoms with Crippen LogP contribution in [0.15, 0.2) is 34.9 Å². The van der Waals surface area contributed by atoms with Crippen molar-refractivity contribution in [2.24, 2.45) is 0 Å². The van der Waals surface area contributed by atoms with Crippen molar-refractivity contribution in [3.05, 3.63) is 46.1 Å². The molecule has 3 aromatic rings. The van der Waals surface area contributed by atoms with Crippen LogP contribution in [0, 0.1) is 10.7 Å². The van der Waals surface area contributed by atoms with Gasteiger partial charge in [0.1, 0.15) is 28.1 Å². The van der Waals surface area contributed by atoms with E-state index in [-0.39, 0.29) is 10.7 Å². The first-order valence-corrected chi connectivity index (χ1v) is 6.82. The second-order valence-electron chi connectivity index (χ2n) is 3.78. The maximum Gasteiger partial charge on any atom is 0.284 e. The number of nitrogens with zero attached hydrogens (tertiary/aromatic N) is 2. The third-order valence-electron chi connectivity index (χ3n) is 2.38. The molecule has 0 aliphatic rings. The lowest BCUT2D eigenvalue weighted by Crippen LogP contribution is -1.94. The van der Waals surface area contributed by atoms with Crippen molar-refractivity contribution in [3.63, 3.8) is 0 Å². The Balaban J connectivity index is 1.68. The monoisotopic (exact) mass is 309 g/mol. The molecule has 0 fully saturated rings. The van der Waals surface area contributed by atoms with Gasteiger partial charge in [-0.1, -0.05) is 0 Å². The van der Waals surface area contributed by atoms with E-state index in [1.165, 1.54) is 23.5 Å². The summed E-state index contributed by atoms with van der Waals surface area (Å²) in [6.07, 6.45) is 1.64. The lowest BCUT2D eigenvalue weighted by molar-refractivity contribution is 0.305. The Morgan fingerprint density at radius 1 is 1.35 bits per heavy atom. The predicted molar refractivity (Wildman–Crippen MR) is 73.5 cm³/mol. The van der Waals surface area contributed by atoms with E-state index in [1.54, 1.807) is 18.3 Å². The van der Waals surface area contributed by atoms with Crippen molar-refractivity contribution in [3.8, 4) is 16.5 Å². The lowest BCUT2D eigenvalue weighted by atomic mass is 10.3. The average molecular weight is 309 g/mol. The molecule has 0 spiro atoms. The number of rotatable bonds is 4. The average Bonchev–Trinajstić information content (AvgIpc) is 3.07. The second kappa shape index (κ2) is 5.51. The summed E-state index contributed by atoms with van der Waals surface area (Å²) in [6, 6.07) is 5.82. The van der Waals surface area contributed by atoms with Gasteiger partial charge in [0.2, 0.25) is 0 Å². The number of thiazole rings is 1. The van der Waals surface area contributed by atoms with Crippen LogP contribution in [0.2, 0.25) is 0 Å². The highest BCUT2D eigenvalue weighted by Gasteiger charge is 2.09. The van der Waals surface area contributed by atoms with Crippen LogP contribution in [0.1, 0.15) is 5.01 Å². The van der Waals surface area contributed by atoms with E-state index >= 15 is 0 Å². The molecule has 102 valence electrons. The Bertz CT molecular complexity index is 763. The number of benzene rings is 1. The third kappa shape index (κ3) is 2.91. The fraction of sp³-hybridized carbons (Fsp3) is 0.0833. The van der Waals surface area contributed by atoms with E-state index in [2.05, 4.69) is 15.2 Å². The Kier molecular flexibility index (Phi) is 3.57. The molecule has 0 saturated carbocycles. The number of nitrogens with one attached hydrogen (secondary N) is 1. The summed E-state index contributed by atoms with van der Waals surface area (Å²) in [7, 11) is 0. The fourth-order valence-corrected chi connectivity index (χ4v) is 2.37. The molecule has 8 heteroatoms. The number of aromatic nitrogens is 3. The molecular formula is C12H8FN3O2S2. The summed E-state index contributed by atoms with van der Waals surface area (Å²) in [5.41, 5.74) is 0. The topological polar surface area (TPSA) is 63.9 Å². The highest BCUT2D eigenvalue weighted by atomic mass is 32.1. The van der Waals surface area contributed by atoms with E-state index in [0.29, 0.717) is 18.2 Å². The van der Waals surface area contributed by atoms with Gasteiger partial charge >= 0.3 is 0 Å². The van der Waals surface area contributed by atoms with Crippen LogP contribution in [-0.4, -0.2) is 15.2 Å². The minimum Gasteiger partial charge on any atom is -0.486 e. The van der Waals surface area contributed by atoms with E-state index in [0.717, 1.165) is 9.88 Å². The minimum atomic E-state index is -0.297. The highest BCUT2D eigenvalue weighted by Crippen LogP contribution is 2.25. The van der Waals surface area contributed by atoms with Crippen molar-refractivity contribution in [1.29, 1.82) is 0 Å². The molecule has 3 rings (SSSR count). The van der Waals surface area contributed by atoms with Crippen molar-refractivity contribution < 1.29 is 13.5 Å². The summed E-state index contributed by atoms with van der Waals surface area (Å²) >= 11 is 6.20. The SMILES string of the molecule is Fc1ccc(OCc2ncc(-c3n[nH]c(=S)o3)s2)cc1. The van der Waals surface area contributed by atoms with Gasteiger partial charge in [0.05, 0.1) is 6.20 Å². The van der Waals surface area contributed by atoms with Crippen LogP contribution < -0.4 is 4.74 Å². The largest absolute Gasteiger partial charge is 0.486 e. The van der Waals surface area contributed by atoms with E-state index in [4.69, 9.17) is 21.4 Å². The summed E-state index contributed by atoms with van der Waals surface area (Å²) < 4.78 is 23.4. The van der Waals surface area contributed by atoms with Gasteiger partial charge in [0.25, 0.3) is 10.7 Å². The molecule has 0 aliphatic carbocycles. The molecule has 0 amide bonds. The number of aromatic amines is 1. The zero-order valence-electron chi connectivity index (χ0n) is 10.00. The highest BCUT2D eigenvalue weighted by molar-refractivity contribution is 7.71. The number of halogens is 1. The van der Waals surface area contributed by atoms with Crippen molar-refractivity contribution >= 4 is 23.6 Å². The summed E-state index contributed by atoms with van der Waals surface area (Å²) in [5, 5.41) is 7.23. The number of ether oxygens (including phenoxy) is 1. The van der Waals surface area contributed by atoms with E-state index in [1.807, 2.05) is 0 Å². The Morgan fingerprint density at radius 3 is 2.85 bits per heavy atom. The van der Waals surface area contributed by atoms with Gasteiger partial charge in [0, 0.05) is 0 Å². The first-order chi connectivity index (χ1) is 9.70. The van der Waals surface area contributed by atoms with E-state index < -0.39 is 0 Å². The summed E-state index contributed by atoms with van der Waals surface area (Å²) in [4.78, 5) is 5.19. The minimum absolute atomic E-state index is 0.220. The maximum atomic E-state index is 12.7. The lowest BCUT2D eigenvalue weighted by Gasteiger charge is -2.02. The molecule has 0 bridgehead atoms. The molecule has 0 radical (unpaired) electrons. The molecule has 5 nitrogen and oxygen atoms in total. The molecule has 0 saturated heterocycles. The molecule has 0 unspecified atom stereocenters. The molecular weight excluding hydrogens is 301 g/mol. The van der Waals surface area contributed by atoms with Crippen molar-refractivity contribution in [2.45, 2.75) is 6.61 Å². The number of H-pyrrole nitrogens is 1. The number of hydrogen-bond acceptors (Lipinski definition) is 6. The van der Waals surface area contributed by atoms with Gasteiger partial charge in [-0.2, -0.15) is 0 Å². The maximum absolute atomic E-state index is 12.7. The normalized spacial score (nSPS) is 10.7. The molecule has 1 N–H and O–H groups in total. The van der Waals surface area contributed by atoms with Gasteiger partial charge in [-0.05, 0) is 36.5 Å². The van der Waals surface area contributed by atoms with Crippen LogP contribution >= 0.6 is 23.6 Å². The number of hydrogen-bond donors (Lipinski definition) is 1. The van der Waals surface area contributed by atoms with Crippen LogP contribution in [0.5, 0.6) is 5.75 Å².